The number of halogens is 7. The highest BCUT2D eigenvalue weighted by Crippen LogP contribution is 2.53. The van der Waals surface area contributed by atoms with Crippen LogP contribution in [0.15, 0.2) is 30.4 Å². The zero-order chi connectivity index (χ0) is 36.9. The molecule has 3 N–H and O–H groups in total. The normalized spacial score (nSPS) is 23.2. The van der Waals surface area contributed by atoms with Gasteiger partial charge in [-0.1, -0.05) is 19.6 Å². The number of nitrogens with zero attached hydrogens (tertiary/aromatic N) is 5. The topological polar surface area (TPSA) is 103 Å². The van der Waals surface area contributed by atoms with Crippen LogP contribution < -0.4 is 20.7 Å². The lowest BCUT2D eigenvalue weighted by Gasteiger charge is -2.40. The predicted molar refractivity (Wildman–Crippen MR) is 184 cm³/mol. The van der Waals surface area contributed by atoms with Gasteiger partial charge >= 0.3 is 12.2 Å². The lowest BCUT2D eigenvalue weighted by atomic mass is 9.85. The molecular formula is C36H32F7N7OS. The Bertz CT molecular complexity index is 2260. The average molecular weight is 744 g/mol. The minimum Gasteiger partial charge on any atom is -0.461 e. The number of hydrogen-bond donors (Lipinski definition) is 2. The first-order valence-corrected chi connectivity index (χ1v) is 17.7. The minimum absolute atomic E-state index is 0.0125. The van der Waals surface area contributed by atoms with Crippen LogP contribution in [0.25, 0.3) is 37.7 Å². The maximum atomic E-state index is 17.4. The lowest BCUT2D eigenvalue weighted by Crippen LogP contribution is -2.56. The third kappa shape index (κ3) is 5.22. The Morgan fingerprint density at radius 2 is 2.00 bits per heavy atom. The summed E-state index contributed by atoms with van der Waals surface area (Å²) in [5.74, 6) is -2.16. The zero-order valence-electron chi connectivity index (χ0n) is 27.9. The number of nitrogen functional groups attached to an aromatic ring is 1. The summed E-state index contributed by atoms with van der Waals surface area (Å²) in [5.41, 5.74) is 1.52. The Labute approximate surface area is 297 Å². The molecule has 6 heterocycles. The van der Waals surface area contributed by atoms with E-state index in [1.807, 2.05) is 22.8 Å². The molecule has 0 aliphatic carbocycles. The number of thiophene rings is 1. The molecule has 2 aromatic carbocycles. The molecule has 0 bridgehead atoms. The minimum atomic E-state index is -5.16. The van der Waals surface area contributed by atoms with Gasteiger partial charge in [0.15, 0.2) is 5.82 Å². The van der Waals surface area contributed by atoms with E-state index >= 15 is 22.0 Å². The summed E-state index contributed by atoms with van der Waals surface area (Å²) < 4.78 is 113. The number of nitriles is 1. The highest BCUT2D eigenvalue weighted by atomic mass is 32.1. The summed E-state index contributed by atoms with van der Waals surface area (Å²) in [6.07, 6.45) is -4.76. The van der Waals surface area contributed by atoms with Crippen LogP contribution in [0.2, 0.25) is 0 Å². The van der Waals surface area contributed by atoms with Crippen LogP contribution in [-0.4, -0.2) is 65.3 Å². The molecule has 272 valence electrons. The van der Waals surface area contributed by atoms with Crippen molar-refractivity contribution in [2.24, 2.45) is 0 Å². The van der Waals surface area contributed by atoms with E-state index in [9.17, 15) is 14.0 Å². The van der Waals surface area contributed by atoms with Gasteiger partial charge in [0.25, 0.3) is 6.08 Å². The molecule has 8 rings (SSSR count). The number of aromatic nitrogens is 2. The molecule has 3 fully saturated rings. The van der Waals surface area contributed by atoms with Gasteiger partial charge in [0.2, 0.25) is 0 Å². The molecule has 0 saturated carbocycles. The largest absolute Gasteiger partial charge is 0.461 e. The molecule has 52 heavy (non-hydrogen) atoms. The van der Waals surface area contributed by atoms with Crippen LogP contribution in [0.1, 0.15) is 55.7 Å². The second-order valence-electron chi connectivity index (χ2n) is 13.9. The van der Waals surface area contributed by atoms with E-state index in [-0.39, 0.29) is 86.6 Å². The second-order valence-corrected chi connectivity index (χ2v) is 15.0. The van der Waals surface area contributed by atoms with Gasteiger partial charge in [0.1, 0.15) is 34.8 Å². The van der Waals surface area contributed by atoms with Crippen molar-refractivity contribution in [3.63, 3.8) is 0 Å². The van der Waals surface area contributed by atoms with Crippen LogP contribution in [0.5, 0.6) is 6.01 Å². The monoisotopic (exact) mass is 743 g/mol. The van der Waals surface area contributed by atoms with Crippen molar-refractivity contribution in [3.05, 3.63) is 58.7 Å². The molecule has 4 aliphatic heterocycles. The molecule has 0 radical (unpaired) electrons. The second kappa shape index (κ2) is 12.3. The number of nitrogens with two attached hydrogens (primary N) is 1. The molecule has 16 heteroatoms. The number of alkyl halides is 3. The van der Waals surface area contributed by atoms with Crippen molar-refractivity contribution in [1.82, 2.24) is 20.2 Å². The highest BCUT2D eigenvalue weighted by Gasteiger charge is 2.49. The molecular weight excluding hydrogens is 711 g/mol. The SMILES string of the molecule is C=C1C[C@@H]2CN[C@H](CC)CN2c2nc(OC[C@@]34CCCN3CC(=C(F)F)C4)nc3c(F)c(-c4ccc(F)c5sc(N)c(C#N)c45)c(C(F)(F)F)c1c23. The van der Waals surface area contributed by atoms with E-state index in [4.69, 9.17) is 10.5 Å². The highest BCUT2D eigenvalue weighted by molar-refractivity contribution is 7.23. The Kier molecular flexibility index (Phi) is 8.20. The number of hydrogen-bond acceptors (Lipinski definition) is 9. The summed E-state index contributed by atoms with van der Waals surface area (Å²) in [6.45, 7) is 7.33. The Morgan fingerprint density at radius 1 is 1.21 bits per heavy atom. The number of piperazine rings is 1. The molecule has 2 aromatic heterocycles. The van der Waals surface area contributed by atoms with Gasteiger partial charge < -0.3 is 20.7 Å². The van der Waals surface area contributed by atoms with Gasteiger partial charge in [-0.2, -0.15) is 37.2 Å². The van der Waals surface area contributed by atoms with E-state index in [0.717, 1.165) is 18.6 Å². The number of rotatable bonds is 5. The van der Waals surface area contributed by atoms with E-state index in [2.05, 4.69) is 21.9 Å². The van der Waals surface area contributed by atoms with Gasteiger partial charge in [-0.3, -0.25) is 4.90 Å². The Balaban J connectivity index is 1.41. The molecule has 0 unspecified atom stereocenters. The number of ether oxygens (including phenoxy) is 1. The average Bonchev–Trinajstić information content (AvgIpc) is 3.75. The quantitative estimate of drug-likeness (QED) is 0.198. The third-order valence-corrected chi connectivity index (χ3v) is 12.1. The number of anilines is 2. The summed E-state index contributed by atoms with van der Waals surface area (Å²) in [4.78, 5) is 12.9. The van der Waals surface area contributed by atoms with Crippen LogP contribution in [0, 0.1) is 23.0 Å². The fraction of sp³-hybridized carbons (Fsp3) is 0.417. The van der Waals surface area contributed by atoms with Crippen LogP contribution >= 0.6 is 11.3 Å². The van der Waals surface area contributed by atoms with Crippen LogP contribution in [-0.2, 0) is 6.18 Å². The van der Waals surface area contributed by atoms with Crippen molar-refractivity contribution >= 4 is 48.7 Å². The van der Waals surface area contributed by atoms with E-state index in [1.54, 1.807) is 0 Å². The number of benzene rings is 2. The van der Waals surface area contributed by atoms with Gasteiger partial charge in [-0.05, 0) is 55.9 Å². The molecule has 4 aliphatic rings. The maximum Gasteiger partial charge on any atom is 0.417 e. The number of nitrogens with one attached hydrogen (secondary N) is 1. The van der Waals surface area contributed by atoms with Crippen molar-refractivity contribution in [2.75, 3.05) is 43.4 Å². The maximum absolute atomic E-state index is 17.4. The van der Waals surface area contributed by atoms with E-state index < -0.39 is 57.7 Å². The van der Waals surface area contributed by atoms with Crippen molar-refractivity contribution in [2.45, 2.75) is 62.8 Å². The Morgan fingerprint density at radius 3 is 2.71 bits per heavy atom. The Hall–Kier alpha value is -4.46. The first kappa shape index (κ1) is 34.6. The fourth-order valence-electron chi connectivity index (χ4n) is 8.60. The van der Waals surface area contributed by atoms with Gasteiger partial charge in [0, 0.05) is 53.8 Å². The van der Waals surface area contributed by atoms with Crippen molar-refractivity contribution in [1.29, 1.82) is 5.26 Å². The van der Waals surface area contributed by atoms with Crippen molar-refractivity contribution < 1.29 is 35.5 Å². The summed E-state index contributed by atoms with van der Waals surface area (Å²) in [5, 5.41) is 12.8. The van der Waals surface area contributed by atoms with Gasteiger partial charge in [-0.15, -0.1) is 11.3 Å². The molecule has 0 spiro atoms. The van der Waals surface area contributed by atoms with Gasteiger partial charge in [0.05, 0.1) is 26.8 Å². The smallest absolute Gasteiger partial charge is 0.417 e. The lowest BCUT2D eigenvalue weighted by molar-refractivity contribution is -0.137. The molecule has 3 saturated heterocycles. The zero-order valence-corrected chi connectivity index (χ0v) is 28.7. The predicted octanol–water partition coefficient (Wildman–Crippen LogP) is 8.00. The molecule has 4 aromatic rings. The summed E-state index contributed by atoms with van der Waals surface area (Å²) >= 11 is 0.680. The van der Waals surface area contributed by atoms with Gasteiger partial charge in [-0.25, -0.2) is 8.78 Å². The third-order valence-electron chi connectivity index (χ3n) is 11.0. The summed E-state index contributed by atoms with van der Waals surface area (Å²) in [6, 6.07) is 2.98. The molecule has 0 amide bonds. The van der Waals surface area contributed by atoms with Crippen LogP contribution in [0.4, 0.5) is 41.6 Å². The standard InChI is InChI=1S/C36H32F7N7OS/c1-3-18-14-50-19(12-46-18)9-16(2)23-26-29(47-34(48-33(26)50)51-15-35-7-4-8-49(35)13-17(10-35)31(39)40)28(38)25(27(23)36(41,42)43)20-5-6-22(37)30-24(20)21(11-44)32(45)52-30/h5-6,18-19,46H,2-4,7-10,12-15,45H2,1H3/t18-,19-,35+/m1/s1. The van der Waals surface area contributed by atoms with Crippen molar-refractivity contribution in [3.8, 4) is 23.2 Å². The summed E-state index contributed by atoms with van der Waals surface area (Å²) in [7, 11) is 0. The number of fused-ring (bicyclic) bond motifs is 4. The molecule has 8 nitrogen and oxygen atoms in total. The van der Waals surface area contributed by atoms with E-state index in [0.29, 0.717) is 43.8 Å². The first-order valence-electron chi connectivity index (χ1n) is 16.9. The first-order chi connectivity index (χ1) is 24.8. The van der Waals surface area contributed by atoms with E-state index in [1.165, 1.54) is 0 Å². The fourth-order valence-corrected chi connectivity index (χ4v) is 9.55. The molecule has 3 atom stereocenters. The van der Waals surface area contributed by atoms with Crippen LogP contribution in [0.3, 0.4) is 0 Å².